The highest BCUT2D eigenvalue weighted by Crippen LogP contribution is 2.44. The lowest BCUT2D eigenvalue weighted by atomic mass is 9.71. The molecule has 0 bridgehead atoms. The van der Waals surface area contributed by atoms with Crippen LogP contribution in [-0.2, 0) is 16.6 Å². The van der Waals surface area contributed by atoms with Crippen LogP contribution in [0.25, 0.3) is 22.1 Å². The SMILES string of the molecule is CN(C)C(=O)c1cc2cnc(Nc3ccc(N4CCC5(CC4)CCN(c4cccc6c4n(C)c(=O)n6[C@@H]4CCC(=O)NC4=O)CC5)cn3)nc2n1C1CCCC1. The fourth-order valence-corrected chi connectivity index (χ4v) is 9.62. The van der Waals surface area contributed by atoms with Crippen molar-refractivity contribution in [1.82, 2.24) is 38.9 Å². The second kappa shape index (κ2) is 14.1. The quantitative estimate of drug-likeness (QED) is 0.219. The van der Waals surface area contributed by atoms with Gasteiger partial charge in [0.15, 0.2) is 0 Å². The Kier molecular flexibility index (Phi) is 9.04. The molecule has 1 aliphatic carbocycles. The number of hydrogen-bond donors (Lipinski definition) is 2. The van der Waals surface area contributed by atoms with E-state index in [9.17, 15) is 19.2 Å². The molecule has 56 heavy (non-hydrogen) atoms. The van der Waals surface area contributed by atoms with Crippen LogP contribution in [0.4, 0.5) is 23.1 Å². The van der Waals surface area contributed by atoms with Crippen LogP contribution in [0.5, 0.6) is 0 Å². The average Bonchev–Trinajstić information content (AvgIpc) is 3.93. The molecule has 4 fully saturated rings. The lowest BCUT2D eigenvalue weighted by molar-refractivity contribution is -0.135. The van der Waals surface area contributed by atoms with Gasteiger partial charge in [0.05, 0.1) is 28.6 Å². The molecule has 1 aromatic carbocycles. The first-order valence-electron chi connectivity index (χ1n) is 20.0. The van der Waals surface area contributed by atoms with Gasteiger partial charge in [-0.15, -0.1) is 0 Å². The first-order chi connectivity index (χ1) is 27.1. The van der Waals surface area contributed by atoms with Crippen LogP contribution in [0.15, 0.2) is 53.6 Å². The van der Waals surface area contributed by atoms with Gasteiger partial charge in [0.1, 0.15) is 23.2 Å². The third-order valence-corrected chi connectivity index (χ3v) is 12.8. The average molecular weight is 760 g/mol. The predicted molar refractivity (Wildman–Crippen MR) is 214 cm³/mol. The van der Waals surface area contributed by atoms with Crippen LogP contribution in [0, 0.1) is 5.41 Å². The van der Waals surface area contributed by atoms with Gasteiger partial charge in [-0.25, -0.2) is 14.8 Å². The number of anilines is 4. The minimum Gasteiger partial charge on any atom is -0.370 e. The van der Waals surface area contributed by atoms with E-state index in [0.717, 1.165) is 111 Å². The number of rotatable bonds is 7. The van der Waals surface area contributed by atoms with Crippen molar-refractivity contribution in [3.05, 3.63) is 65.0 Å². The number of carbonyl (C=O) groups excluding carboxylic acids is 3. The molecule has 15 heteroatoms. The summed E-state index contributed by atoms with van der Waals surface area (Å²) in [7, 11) is 5.33. The third kappa shape index (κ3) is 6.26. The van der Waals surface area contributed by atoms with Crippen molar-refractivity contribution in [2.24, 2.45) is 12.5 Å². The molecule has 9 rings (SSSR count). The number of pyridine rings is 1. The number of imide groups is 1. The van der Waals surface area contributed by atoms with Crippen molar-refractivity contribution in [1.29, 1.82) is 0 Å². The fraction of sp³-hybridized carbons (Fsp3) is 0.488. The number of nitrogens with zero attached hydrogens (tertiary/aromatic N) is 9. The monoisotopic (exact) mass is 759 g/mol. The van der Waals surface area contributed by atoms with E-state index in [1.165, 1.54) is 0 Å². The molecular weight excluding hydrogens is 711 g/mol. The summed E-state index contributed by atoms with van der Waals surface area (Å²) in [6.07, 6.45) is 12.9. The molecule has 1 saturated carbocycles. The number of para-hydroxylation sites is 1. The van der Waals surface area contributed by atoms with E-state index in [0.29, 0.717) is 23.9 Å². The highest BCUT2D eigenvalue weighted by atomic mass is 16.2. The zero-order valence-electron chi connectivity index (χ0n) is 32.3. The van der Waals surface area contributed by atoms with Crippen molar-refractivity contribution in [2.45, 2.75) is 76.3 Å². The Labute approximate surface area is 324 Å². The van der Waals surface area contributed by atoms with E-state index in [1.54, 1.807) is 41.4 Å². The number of piperidine rings is 3. The van der Waals surface area contributed by atoms with Crippen LogP contribution in [-0.4, -0.2) is 91.5 Å². The van der Waals surface area contributed by atoms with Gasteiger partial charge < -0.3 is 24.6 Å². The molecule has 1 spiro atoms. The predicted octanol–water partition coefficient (Wildman–Crippen LogP) is 4.90. The summed E-state index contributed by atoms with van der Waals surface area (Å²) in [5.74, 6) is 0.378. The zero-order chi connectivity index (χ0) is 38.7. The lowest BCUT2D eigenvalue weighted by Crippen LogP contribution is -2.47. The third-order valence-electron chi connectivity index (χ3n) is 12.8. The highest BCUT2D eigenvalue weighted by molar-refractivity contribution is 6.01. The summed E-state index contributed by atoms with van der Waals surface area (Å²) in [6, 6.07) is 11.5. The molecule has 1 atom stereocenters. The topological polar surface area (TPSA) is 156 Å². The Bertz CT molecular complexity index is 2390. The van der Waals surface area contributed by atoms with Crippen molar-refractivity contribution < 1.29 is 14.4 Å². The van der Waals surface area contributed by atoms with Gasteiger partial charge >= 0.3 is 5.69 Å². The van der Waals surface area contributed by atoms with E-state index >= 15 is 0 Å². The largest absolute Gasteiger partial charge is 0.370 e. The van der Waals surface area contributed by atoms with E-state index in [-0.39, 0.29) is 35.4 Å². The van der Waals surface area contributed by atoms with E-state index < -0.39 is 11.9 Å². The van der Waals surface area contributed by atoms with Crippen molar-refractivity contribution in [3.8, 4) is 0 Å². The summed E-state index contributed by atoms with van der Waals surface area (Å²) in [4.78, 5) is 71.7. The van der Waals surface area contributed by atoms with Gasteiger partial charge in [-0.05, 0) is 80.7 Å². The lowest BCUT2D eigenvalue weighted by Gasteiger charge is -2.48. The van der Waals surface area contributed by atoms with Crippen LogP contribution < -0.4 is 26.1 Å². The zero-order valence-corrected chi connectivity index (χ0v) is 32.3. The summed E-state index contributed by atoms with van der Waals surface area (Å²) in [5, 5.41) is 6.55. The van der Waals surface area contributed by atoms with Crippen LogP contribution in [0.1, 0.15) is 86.8 Å². The Morgan fingerprint density at radius 2 is 1.62 bits per heavy atom. The van der Waals surface area contributed by atoms with Crippen molar-refractivity contribution in [2.75, 3.05) is 55.4 Å². The van der Waals surface area contributed by atoms with Gasteiger partial charge in [0.25, 0.3) is 5.91 Å². The Morgan fingerprint density at radius 3 is 2.30 bits per heavy atom. The molecule has 7 heterocycles. The van der Waals surface area contributed by atoms with Crippen LogP contribution in [0.3, 0.4) is 0 Å². The summed E-state index contributed by atoms with van der Waals surface area (Å²) < 4.78 is 5.33. The van der Waals surface area contributed by atoms with Crippen molar-refractivity contribution >= 4 is 62.9 Å². The first kappa shape index (κ1) is 35.9. The number of benzene rings is 1. The molecule has 3 aliphatic heterocycles. The van der Waals surface area contributed by atoms with E-state index in [1.807, 2.05) is 30.5 Å². The van der Waals surface area contributed by atoms with Gasteiger partial charge in [-0.2, -0.15) is 4.98 Å². The second-order valence-corrected chi connectivity index (χ2v) is 16.3. The number of aryl methyl sites for hydroxylation is 1. The van der Waals surface area contributed by atoms with Gasteiger partial charge in [0.2, 0.25) is 17.8 Å². The minimum absolute atomic E-state index is 0.0285. The number of hydrogen-bond acceptors (Lipinski definition) is 10. The van der Waals surface area contributed by atoms with Gasteiger partial charge in [-0.3, -0.25) is 28.8 Å². The molecule has 2 N–H and O–H groups in total. The normalized spacial score (nSPS) is 20.3. The maximum absolute atomic E-state index is 13.5. The molecule has 0 radical (unpaired) electrons. The first-order valence-corrected chi connectivity index (χ1v) is 20.0. The highest BCUT2D eigenvalue weighted by Gasteiger charge is 2.39. The number of carbonyl (C=O) groups is 3. The van der Waals surface area contributed by atoms with Crippen LogP contribution >= 0.6 is 0 Å². The van der Waals surface area contributed by atoms with Gasteiger partial charge in [-0.1, -0.05) is 18.9 Å². The molecule has 292 valence electrons. The smallest absolute Gasteiger partial charge is 0.329 e. The molecule has 0 unspecified atom stereocenters. The number of nitrogens with one attached hydrogen (secondary N) is 2. The van der Waals surface area contributed by atoms with Crippen LogP contribution in [0.2, 0.25) is 0 Å². The molecule has 15 nitrogen and oxygen atoms in total. The number of imidazole rings is 1. The Hall–Kier alpha value is -5.73. The number of amides is 3. The Balaban J connectivity index is 0.845. The van der Waals surface area contributed by atoms with E-state index in [2.05, 4.69) is 42.1 Å². The molecular formula is C41H49N11O4. The van der Waals surface area contributed by atoms with E-state index in [4.69, 9.17) is 9.97 Å². The molecule has 3 amide bonds. The second-order valence-electron chi connectivity index (χ2n) is 16.3. The summed E-state index contributed by atoms with van der Waals surface area (Å²) in [5.41, 5.74) is 5.11. The minimum atomic E-state index is -0.698. The molecule has 4 aromatic heterocycles. The summed E-state index contributed by atoms with van der Waals surface area (Å²) >= 11 is 0. The molecule has 5 aromatic rings. The summed E-state index contributed by atoms with van der Waals surface area (Å²) in [6.45, 7) is 3.70. The van der Waals surface area contributed by atoms with Crippen molar-refractivity contribution in [3.63, 3.8) is 0 Å². The Morgan fingerprint density at radius 1 is 0.893 bits per heavy atom. The molecule has 3 saturated heterocycles. The molecule has 4 aliphatic rings. The fourth-order valence-electron chi connectivity index (χ4n) is 9.62. The maximum Gasteiger partial charge on any atom is 0.329 e. The standard InChI is InChI=1S/C41H49N11O4/c1-47(2)38(55)32-23-26-24-43-39(46-36(26)51(32)27-7-4-5-8-27)44-33-13-11-28(25-42-33)49-19-15-41(16-20-49)17-21-50(22-18-41)29-9-6-10-30-35(29)48(3)40(56)52(30)31-12-14-34(53)45-37(31)54/h6,9-11,13,23-25,27,31H,4-5,7-8,12,14-22H2,1-3H3,(H,45,53,54)(H,42,43,44,46)/t31-/m1/s1. The number of fused-ring (bicyclic) bond motifs is 2. The maximum atomic E-state index is 13.5. The van der Waals surface area contributed by atoms with Gasteiger partial charge in [0, 0.05) is 71.4 Å². The number of aromatic nitrogens is 6.